The lowest BCUT2D eigenvalue weighted by Crippen LogP contribution is -2.35. The quantitative estimate of drug-likeness (QED) is 0.757. The predicted octanol–water partition coefficient (Wildman–Crippen LogP) is 3.50. The zero-order valence-electron chi connectivity index (χ0n) is 11.1. The van der Waals surface area contributed by atoms with Crippen molar-refractivity contribution in [1.29, 1.82) is 0 Å². The highest BCUT2D eigenvalue weighted by molar-refractivity contribution is 6.17. The van der Waals surface area contributed by atoms with Crippen LogP contribution in [0.25, 0.3) is 0 Å². The predicted molar refractivity (Wildman–Crippen MR) is 76.7 cm³/mol. The van der Waals surface area contributed by atoms with E-state index in [0.717, 1.165) is 24.6 Å². The van der Waals surface area contributed by atoms with Gasteiger partial charge in [-0.1, -0.05) is 12.1 Å². The minimum absolute atomic E-state index is 0.667. The maximum absolute atomic E-state index is 5.77. The second kappa shape index (κ2) is 7.01. The van der Waals surface area contributed by atoms with Gasteiger partial charge in [0, 0.05) is 12.4 Å². The first kappa shape index (κ1) is 13.7. The number of benzene rings is 1. The molecule has 2 rings (SSSR count). The largest absolute Gasteiger partial charge is 0.497 e. The maximum Gasteiger partial charge on any atom is 0.118 e. The Morgan fingerprint density at radius 3 is 2.78 bits per heavy atom. The van der Waals surface area contributed by atoms with Gasteiger partial charge in [0.2, 0.25) is 0 Å². The fraction of sp³-hybridized carbons (Fsp3) is 0.600. The van der Waals surface area contributed by atoms with Gasteiger partial charge in [-0.05, 0) is 56.0 Å². The van der Waals surface area contributed by atoms with Crippen molar-refractivity contribution in [3.05, 3.63) is 29.8 Å². The van der Waals surface area contributed by atoms with E-state index in [4.69, 9.17) is 16.3 Å². The van der Waals surface area contributed by atoms with Crippen LogP contribution < -0.4 is 4.74 Å². The molecule has 1 heterocycles. The zero-order chi connectivity index (χ0) is 12.8. The number of hydrogen-bond donors (Lipinski definition) is 0. The fourth-order valence-corrected chi connectivity index (χ4v) is 2.81. The van der Waals surface area contributed by atoms with Crippen molar-refractivity contribution in [2.45, 2.75) is 25.2 Å². The molecule has 100 valence electrons. The Labute approximate surface area is 115 Å². The van der Waals surface area contributed by atoms with Gasteiger partial charge in [0.25, 0.3) is 0 Å². The van der Waals surface area contributed by atoms with Crippen LogP contribution in [0.4, 0.5) is 0 Å². The second-order valence-electron chi connectivity index (χ2n) is 4.96. The van der Waals surface area contributed by atoms with Gasteiger partial charge in [-0.15, -0.1) is 11.6 Å². The van der Waals surface area contributed by atoms with Gasteiger partial charge >= 0.3 is 0 Å². The average molecular weight is 268 g/mol. The number of methoxy groups -OCH3 is 1. The summed E-state index contributed by atoms with van der Waals surface area (Å²) in [6, 6.07) is 8.53. The summed E-state index contributed by atoms with van der Waals surface area (Å²) >= 11 is 5.77. The van der Waals surface area contributed by atoms with E-state index < -0.39 is 0 Å². The number of ether oxygens (including phenoxy) is 1. The molecule has 1 aromatic carbocycles. The first-order valence-electron chi connectivity index (χ1n) is 6.75. The molecule has 0 bridgehead atoms. The van der Waals surface area contributed by atoms with Crippen LogP contribution in [-0.4, -0.2) is 37.5 Å². The Bertz CT molecular complexity index is 352. The van der Waals surface area contributed by atoms with Crippen molar-refractivity contribution < 1.29 is 4.74 Å². The van der Waals surface area contributed by atoms with E-state index in [1.54, 1.807) is 7.11 Å². The standard InChI is InChI=1S/C15H22ClNO/c1-18-15-7-5-13(6-8-15)14-4-2-10-17(12-14)11-3-9-16/h5-8,14H,2-4,9-12H2,1H3. The first-order chi connectivity index (χ1) is 8.83. The molecule has 0 spiro atoms. The fourth-order valence-electron chi connectivity index (χ4n) is 2.69. The van der Waals surface area contributed by atoms with Gasteiger partial charge in [-0.3, -0.25) is 0 Å². The molecule has 1 fully saturated rings. The lowest BCUT2D eigenvalue weighted by Gasteiger charge is -2.32. The maximum atomic E-state index is 5.77. The van der Waals surface area contributed by atoms with Crippen molar-refractivity contribution in [3.8, 4) is 5.75 Å². The molecule has 1 aromatic rings. The molecule has 1 aliphatic heterocycles. The molecule has 0 saturated carbocycles. The highest BCUT2D eigenvalue weighted by atomic mass is 35.5. The lowest BCUT2D eigenvalue weighted by atomic mass is 9.90. The molecule has 2 nitrogen and oxygen atoms in total. The van der Waals surface area contributed by atoms with E-state index in [2.05, 4.69) is 29.2 Å². The molecule has 0 amide bonds. The van der Waals surface area contributed by atoms with Crippen LogP contribution in [0.1, 0.15) is 30.7 Å². The lowest BCUT2D eigenvalue weighted by molar-refractivity contribution is 0.208. The minimum atomic E-state index is 0.667. The molecular formula is C15H22ClNO. The second-order valence-corrected chi connectivity index (χ2v) is 5.33. The van der Waals surface area contributed by atoms with Gasteiger partial charge in [0.15, 0.2) is 0 Å². The van der Waals surface area contributed by atoms with Crippen LogP contribution in [-0.2, 0) is 0 Å². The number of likely N-dealkylation sites (tertiary alicyclic amines) is 1. The summed E-state index contributed by atoms with van der Waals surface area (Å²) in [5.41, 5.74) is 1.44. The summed E-state index contributed by atoms with van der Waals surface area (Å²) in [7, 11) is 1.71. The van der Waals surface area contributed by atoms with Crippen molar-refractivity contribution in [2.75, 3.05) is 32.6 Å². The average Bonchev–Trinajstić information content (AvgIpc) is 2.45. The Kier molecular flexibility index (Phi) is 5.33. The summed E-state index contributed by atoms with van der Waals surface area (Å²) in [6.45, 7) is 3.53. The van der Waals surface area contributed by atoms with Gasteiger partial charge in [-0.25, -0.2) is 0 Å². The highest BCUT2D eigenvalue weighted by Crippen LogP contribution is 2.28. The van der Waals surface area contributed by atoms with Crippen LogP contribution in [0.2, 0.25) is 0 Å². The number of rotatable bonds is 5. The summed E-state index contributed by atoms with van der Waals surface area (Å²) < 4.78 is 5.21. The SMILES string of the molecule is COc1ccc(C2CCCN(CCCCl)C2)cc1. The molecule has 1 saturated heterocycles. The molecule has 3 heteroatoms. The minimum Gasteiger partial charge on any atom is -0.497 e. The third-order valence-corrected chi connectivity index (χ3v) is 3.97. The molecular weight excluding hydrogens is 246 g/mol. The van der Waals surface area contributed by atoms with Crippen molar-refractivity contribution in [2.24, 2.45) is 0 Å². The number of nitrogens with zero attached hydrogens (tertiary/aromatic N) is 1. The van der Waals surface area contributed by atoms with E-state index in [0.29, 0.717) is 5.92 Å². The van der Waals surface area contributed by atoms with Gasteiger partial charge < -0.3 is 9.64 Å². The number of alkyl halides is 1. The van der Waals surface area contributed by atoms with Crippen LogP contribution in [0.5, 0.6) is 5.75 Å². The Morgan fingerprint density at radius 2 is 2.11 bits per heavy atom. The molecule has 0 aliphatic carbocycles. The van der Waals surface area contributed by atoms with E-state index in [9.17, 15) is 0 Å². The molecule has 1 unspecified atom stereocenters. The smallest absolute Gasteiger partial charge is 0.118 e. The topological polar surface area (TPSA) is 12.5 Å². The number of halogens is 1. The zero-order valence-corrected chi connectivity index (χ0v) is 11.8. The van der Waals surface area contributed by atoms with Crippen molar-refractivity contribution in [3.63, 3.8) is 0 Å². The summed E-state index contributed by atoms with van der Waals surface area (Å²) in [5.74, 6) is 2.37. The molecule has 18 heavy (non-hydrogen) atoms. The summed E-state index contributed by atoms with van der Waals surface area (Å²) in [6.07, 6.45) is 3.68. The Balaban J connectivity index is 1.94. The Morgan fingerprint density at radius 1 is 1.33 bits per heavy atom. The van der Waals surface area contributed by atoms with Gasteiger partial charge in [0.05, 0.1) is 7.11 Å². The first-order valence-corrected chi connectivity index (χ1v) is 7.29. The third-order valence-electron chi connectivity index (χ3n) is 3.70. The van der Waals surface area contributed by atoms with E-state index in [1.165, 1.54) is 31.5 Å². The van der Waals surface area contributed by atoms with Crippen LogP contribution in [0.15, 0.2) is 24.3 Å². The van der Waals surface area contributed by atoms with Crippen LogP contribution in [0.3, 0.4) is 0 Å². The number of hydrogen-bond acceptors (Lipinski definition) is 2. The van der Waals surface area contributed by atoms with Crippen LogP contribution in [0, 0.1) is 0 Å². The van der Waals surface area contributed by atoms with E-state index >= 15 is 0 Å². The highest BCUT2D eigenvalue weighted by Gasteiger charge is 2.20. The molecule has 1 aliphatic rings. The normalized spacial score (nSPS) is 20.9. The van der Waals surface area contributed by atoms with E-state index in [1.807, 2.05) is 0 Å². The monoisotopic (exact) mass is 267 g/mol. The Hall–Kier alpha value is -0.730. The molecule has 1 atom stereocenters. The molecule has 0 N–H and O–H groups in total. The number of piperidine rings is 1. The van der Waals surface area contributed by atoms with Gasteiger partial charge in [-0.2, -0.15) is 0 Å². The van der Waals surface area contributed by atoms with E-state index in [-0.39, 0.29) is 0 Å². The summed E-state index contributed by atoms with van der Waals surface area (Å²) in [5, 5.41) is 0. The van der Waals surface area contributed by atoms with Gasteiger partial charge in [0.1, 0.15) is 5.75 Å². The van der Waals surface area contributed by atoms with Crippen molar-refractivity contribution in [1.82, 2.24) is 4.90 Å². The van der Waals surface area contributed by atoms with Crippen molar-refractivity contribution >= 4 is 11.6 Å². The van der Waals surface area contributed by atoms with Crippen LogP contribution >= 0.6 is 11.6 Å². The third kappa shape index (κ3) is 3.63. The molecule has 0 radical (unpaired) electrons. The molecule has 0 aromatic heterocycles. The summed E-state index contributed by atoms with van der Waals surface area (Å²) in [4.78, 5) is 2.54.